The van der Waals surface area contributed by atoms with Gasteiger partial charge in [-0.1, -0.05) is 26.0 Å². The fourth-order valence-electron chi connectivity index (χ4n) is 1.53. The van der Waals surface area contributed by atoms with Crippen molar-refractivity contribution in [2.75, 3.05) is 0 Å². The second-order valence-electron chi connectivity index (χ2n) is 4.43. The Kier molecular flexibility index (Phi) is 4.83. The molecule has 2 N–H and O–H groups in total. The number of hydrogen-bond acceptors (Lipinski definition) is 2. The molecule has 1 rings (SSSR count). The van der Waals surface area contributed by atoms with Gasteiger partial charge in [0.05, 0.1) is 6.42 Å². The standard InChI is InChI=1S/C13H16FNO3/c1-8(2)12(13(17)18)15-11(16)7-9-3-5-10(14)6-4-9/h3-6,8,12H,7H2,1-2H3,(H,15,16)(H,17,18)/t12-/m0/s1. The molecule has 0 heterocycles. The number of carbonyl (C=O) groups excluding carboxylic acids is 1. The summed E-state index contributed by atoms with van der Waals surface area (Å²) in [5, 5.41) is 11.4. The number of aliphatic carboxylic acids is 1. The number of hydrogen-bond donors (Lipinski definition) is 2. The van der Waals surface area contributed by atoms with Crippen LogP contribution in [0.25, 0.3) is 0 Å². The molecule has 0 aromatic heterocycles. The maximum atomic E-state index is 12.7. The first kappa shape index (κ1) is 14.2. The maximum Gasteiger partial charge on any atom is 0.326 e. The molecule has 5 heteroatoms. The lowest BCUT2D eigenvalue weighted by atomic mass is 10.0. The fraction of sp³-hybridized carbons (Fsp3) is 0.385. The highest BCUT2D eigenvalue weighted by Gasteiger charge is 2.23. The number of carbonyl (C=O) groups is 2. The monoisotopic (exact) mass is 253 g/mol. The third kappa shape index (κ3) is 4.16. The van der Waals surface area contributed by atoms with Crippen molar-refractivity contribution in [1.82, 2.24) is 5.32 Å². The summed E-state index contributed by atoms with van der Waals surface area (Å²) < 4.78 is 12.7. The summed E-state index contributed by atoms with van der Waals surface area (Å²) in [6.45, 7) is 3.44. The molecule has 0 saturated carbocycles. The second-order valence-corrected chi connectivity index (χ2v) is 4.43. The number of halogens is 1. The zero-order chi connectivity index (χ0) is 13.7. The highest BCUT2D eigenvalue weighted by Crippen LogP contribution is 2.05. The molecule has 0 radical (unpaired) electrons. The van der Waals surface area contributed by atoms with Gasteiger partial charge in [-0.15, -0.1) is 0 Å². The van der Waals surface area contributed by atoms with Gasteiger partial charge in [0.15, 0.2) is 0 Å². The minimum atomic E-state index is -1.06. The smallest absolute Gasteiger partial charge is 0.326 e. The number of nitrogens with one attached hydrogen (secondary N) is 1. The lowest BCUT2D eigenvalue weighted by Crippen LogP contribution is -2.44. The van der Waals surface area contributed by atoms with Gasteiger partial charge in [0, 0.05) is 0 Å². The summed E-state index contributed by atoms with van der Waals surface area (Å²) in [5.41, 5.74) is 0.641. The number of rotatable bonds is 5. The summed E-state index contributed by atoms with van der Waals surface area (Å²) in [6, 6.07) is 4.62. The molecule has 0 unspecified atom stereocenters. The molecule has 18 heavy (non-hydrogen) atoms. The number of carboxylic acid groups (broad SMARTS) is 1. The SMILES string of the molecule is CC(C)[C@H](NC(=O)Cc1ccc(F)cc1)C(=O)O. The van der Waals surface area contributed by atoms with Crippen LogP contribution in [0.2, 0.25) is 0 Å². The van der Waals surface area contributed by atoms with Crippen LogP contribution in [0.1, 0.15) is 19.4 Å². The first-order chi connectivity index (χ1) is 8.40. The molecule has 0 aliphatic rings. The Labute approximate surface area is 105 Å². The first-order valence-electron chi connectivity index (χ1n) is 5.66. The second kappa shape index (κ2) is 6.14. The van der Waals surface area contributed by atoms with Crippen LogP contribution in [0.4, 0.5) is 4.39 Å². The van der Waals surface area contributed by atoms with E-state index in [1.165, 1.54) is 24.3 Å². The van der Waals surface area contributed by atoms with E-state index in [1.54, 1.807) is 13.8 Å². The Morgan fingerprint density at radius 1 is 1.28 bits per heavy atom. The van der Waals surface area contributed by atoms with E-state index in [9.17, 15) is 14.0 Å². The van der Waals surface area contributed by atoms with Gasteiger partial charge in [-0.25, -0.2) is 9.18 Å². The Morgan fingerprint density at radius 2 is 1.83 bits per heavy atom. The molecule has 0 aliphatic heterocycles. The van der Waals surface area contributed by atoms with Gasteiger partial charge in [-0.3, -0.25) is 4.79 Å². The first-order valence-corrected chi connectivity index (χ1v) is 5.66. The largest absolute Gasteiger partial charge is 0.480 e. The minimum absolute atomic E-state index is 0.0385. The van der Waals surface area contributed by atoms with Crippen LogP contribution in [-0.2, 0) is 16.0 Å². The van der Waals surface area contributed by atoms with Crippen molar-refractivity contribution in [1.29, 1.82) is 0 Å². The zero-order valence-corrected chi connectivity index (χ0v) is 10.3. The lowest BCUT2D eigenvalue weighted by molar-refractivity contribution is -0.143. The van der Waals surface area contributed by atoms with E-state index >= 15 is 0 Å². The molecular formula is C13H16FNO3. The van der Waals surface area contributed by atoms with E-state index < -0.39 is 12.0 Å². The van der Waals surface area contributed by atoms with Crippen molar-refractivity contribution >= 4 is 11.9 Å². The molecule has 1 amide bonds. The molecule has 0 aliphatic carbocycles. The number of carboxylic acids is 1. The Bertz CT molecular complexity index is 428. The van der Waals surface area contributed by atoms with Crippen molar-refractivity contribution in [3.05, 3.63) is 35.6 Å². The van der Waals surface area contributed by atoms with Crippen molar-refractivity contribution in [2.24, 2.45) is 5.92 Å². The third-order valence-corrected chi connectivity index (χ3v) is 2.53. The van der Waals surface area contributed by atoms with Crippen LogP contribution in [0.15, 0.2) is 24.3 Å². The van der Waals surface area contributed by atoms with Crippen LogP contribution in [-0.4, -0.2) is 23.0 Å². The normalized spacial score (nSPS) is 12.2. The average Bonchev–Trinajstić information content (AvgIpc) is 2.28. The average molecular weight is 253 g/mol. The summed E-state index contributed by atoms with van der Waals surface area (Å²) in [4.78, 5) is 22.6. The van der Waals surface area contributed by atoms with E-state index in [0.29, 0.717) is 5.56 Å². The quantitative estimate of drug-likeness (QED) is 0.837. The van der Waals surface area contributed by atoms with Crippen molar-refractivity contribution in [3.8, 4) is 0 Å². The Balaban J connectivity index is 2.60. The fourth-order valence-corrected chi connectivity index (χ4v) is 1.53. The Hall–Kier alpha value is -1.91. The van der Waals surface area contributed by atoms with Crippen LogP contribution in [0.3, 0.4) is 0 Å². The summed E-state index contributed by atoms with van der Waals surface area (Å²) in [6.07, 6.45) is 0.0385. The van der Waals surface area contributed by atoms with E-state index in [1.807, 2.05) is 0 Å². The molecule has 98 valence electrons. The zero-order valence-electron chi connectivity index (χ0n) is 10.3. The van der Waals surface area contributed by atoms with Crippen LogP contribution >= 0.6 is 0 Å². The molecule has 1 atom stereocenters. The highest BCUT2D eigenvalue weighted by molar-refractivity contribution is 5.84. The van der Waals surface area contributed by atoms with E-state index in [2.05, 4.69) is 5.32 Å². The van der Waals surface area contributed by atoms with Crippen molar-refractivity contribution in [3.63, 3.8) is 0 Å². The molecule has 0 spiro atoms. The van der Waals surface area contributed by atoms with Crippen LogP contribution in [0.5, 0.6) is 0 Å². The van der Waals surface area contributed by atoms with Crippen molar-refractivity contribution in [2.45, 2.75) is 26.3 Å². The van der Waals surface area contributed by atoms with Crippen LogP contribution < -0.4 is 5.32 Å². The summed E-state index contributed by atoms with van der Waals surface area (Å²) in [7, 11) is 0. The predicted octanol–water partition coefficient (Wildman–Crippen LogP) is 1.59. The van der Waals surface area contributed by atoms with Gasteiger partial charge in [-0.2, -0.15) is 0 Å². The molecule has 1 aromatic rings. The highest BCUT2D eigenvalue weighted by atomic mass is 19.1. The molecular weight excluding hydrogens is 237 g/mol. The molecule has 0 fully saturated rings. The van der Waals surface area contributed by atoms with Gasteiger partial charge in [0.2, 0.25) is 5.91 Å². The van der Waals surface area contributed by atoms with E-state index in [0.717, 1.165) is 0 Å². The minimum Gasteiger partial charge on any atom is -0.480 e. The maximum absolute atomic E-state index is 12.7. The van der Waals surface area contributed by atoms with Gasteiger partial charge in [0.1, 0.15) is 11.9 Å². The third-order valence-electron chi connectivity index (χ3n) is 2.53. The van der Waals surface area contributed by atoms with Gasteiger partial charge >= 0.3 is 5.97 Å². The van der Waals surface area contributed by atoms with Gasteiger partial charge in [0.25, 0.3) is 0 Å². The van der Waals surface area contributed by atoms with Crippen molar-refractivity contribution < 1.29 is 19.1 Å². The number of amides is 1. The summed E-state index contributed by atoms with van der Waals surface area (Å²) >= 11 is 0. The van der Waals surface area contributed by atoms with E-state index in [-0.39, 0.29) is 24.1 Å². The topological polar surface area (TPSA) is 66.4 Å². The van der Waals surface area contributed by atoms with Gasteiger partial charge < -0.3 is 10.4 Å². The Morgan fingerprint density at radius 3 is 2.28 bits per heavy atom. The summed E-state index contributed by atoms with van der Waals surface area (Å²) in [5.74, 6) is -2.01. The van der Waals surface area contributed by atoms with Crippen LogP contribution in [0, 0.1) is 11.7 Å². The predicted molar refractivity (Wildman–Crippen MR) is 64.5 cm³/mol. The number of benzene rings is 1. The van der Waals surface area contributed by atoms with E-state index in [4.69, 9.17) is 5.11 Å². The molecule has 1 aromatic carbocycles. The van der Waals surface area contributed by atoms with Gasteiger partial charge in [-0.05, 0) is 23.6 Å². The molecule has 0 bridgehead atoms. The molecule has 4 nitrogen and oxygen atoms in total. The lowest BCUT2D eigenvalue weighted by Gasteiger charge is -2.17. The molecule has 0 saturated heterocycles.